The van der Waals surface area contributed by atoms with Gasteiger partial charge < -0.3 is 24.8 Å². The first-order valence-electron chi connectivity index (χ1n) is 22.2. The van der Waals surface area contributed by atoms with Crippen molar-refractivity contribution in [1.29, 1.82) is 5.26 Å². The van der Waals surface area contributed by atoms with E-state index in [1.165, 1.54) is 0 Å². The summed E-state index contributed by atoms with van der Waals surface area (Å²) < 4.78 is 12.6. The lowest BCUT2D eigenvalue weighted by Crippen LogP contribution is -2.56. The molecular formula is C54H48Cl2N4O6. The summed E-state index contributed by atoms with van der Waals surface area (Å²) in [6.07, 6.45) is 3.77. The molecule has 12 heteroatoms. The first kappa shape index (κ1) is 44.6. The van der Waals surface area contributed by atoms with Crippen molar-refractivity contribution in [2.75, 3.05) is 11.9 Å². The van der Waals surface area contributed by atoms with Crippen LogP contribution in [0.15, 0.2) is 133 Å². The molecule has 2 heterocycles. The lowest BCUT2D eigenvalue weighted by atomic mass is 9.84. The van der Waals surface area contributed by atoms with Crippen LogP contribution in [0.2, 0.25) is 10.0 Å². The number of halogens is 2. The van der Waals surface area contributed by atoms with E-state index in [0.29, 0.717) is 63.8 Å². The summed E-state index contributed by atoms with van der Waals surface area (Å²) in [5.74, 6) is -0.232. The maximum Gasteiger partial charge on any atom is 0.326 e. The standard InChI is InChI=1S/C54H48Cl2N4O6/c1-59-47-27-41-28-48(52(61)58-46(54(63)64)26-33-11-16-36(17-12-33)37-18-13-34(30-57)14-19-37)60(50(39-9-5-6-10-39)38-7-3-2-4-8-38)31-42(41)29-49(47)66-51(53(59)62)40-20-22-43(23-21-40)65-32-35-15-24-44(55)45(56)25-35/h2-4,7-8,11-25,27,29,39,46,48,50-51H,5-6,9-10,26,28,31-32H2,1H3,(H,58,61)(H,63,64). The number of hydrogen-bond donors (Lipinski definition) is 2. The number of carbonyl (C=O) groups is 3. The number of nitrogens with zero attached hydrogens (tertiary/aromatic N) is 3. The number of likely N-dealkylation sites (N-methyl/N-ethyl adjacent to an activating group) is 1. The Bertz CT molecular complexity index is 2790. The zero-order chi connectivity index (χ0) is 45.9. The summed E-state index contributed by atoms with van der Waals surface area (Å²) in [7, 11) is 1.73. The fraction of sp³-hybridized carbons (Fsp3) is 0.259. The Kier molecular flexibility index (Phi) is 13.1. The molecule has 1 saturated carbocycles. The molecule has 1 aliphatic carbocycles. The highest BCUT2D eigenvalue weighted by atomic mass is 35.5. The summed E-state index contributed by atoms with van der Waals surface area (Å²) in [5.41, 5.74) is 8.37. The first-order chi connectivity index (χ1) is 32.0. The number of nitrogens with one attached hydrogen (secondary N) is 1. The maximum absolute atomic E-state index is 14.8. The van der Waals surface area contributed by atoms with Gasteiger partial charge in [0.25, 0.3) is 5.91 Å². The predicted molar refractivity (Wildman–Crippen MR) is 254 cm³/mol. The van der Waals surface area contributed by atoms with Crippen molar-refractivity contribution >= 4 is 46.7 Å². The molecule has 4 unspecified atom stereocenters. The Morgan fingerprint density at radius 2 is 1.53 bits per heavy atom. The number of ether oxygens (including phenoxy) is 2. The van der Waals surface area contributed by atoms with Crippen LogP contribution >= 0.6 is 23.2 Å². The lowest BCUT2D eigenvalue weighted by Gasteiger charge is -2.44. The Balaban J connectivity index is 0.976. The van der Waals surface area contributed by atoms with Gasteiger partial charge in [0.15, 0.2) is 0 Å². The number of carboxylic acid groups (broad SMARTS) is 1. The summed E-state index contributed by atoms with van der Waals surface area (Å²) in [4.78, 5) is 45.5. The number of aliphatic carboxylic acids is 1. The van der Waals surface area contributed by atoms with Crippen molar-refractivity contribution in [3.63, 3.8) is 0 Å². The van der Waals surface area contributed by atoms with Crippen molar-refractivity contribution in [1.82, 2.24) is 10.2 Å². The second-order valence-electron chi connectivity index (χ2n) is 17.4. The van der Waals surface area contributed by atoms with Crippen LogP contribution < -0.4 is 19.7 Å². The van der Waals surface area contributed by atoms with Crippen molar-refractivity contribution in [3.05, 3.63) is 182 Å². The number of anilines is 1. The van der Waals surface area contributed by atoms with Gasteiger partial charge in [-0.05, 0) is 113 Å². The zero-order valence-electron chi connectivity index (χ0n) is 36.3. The van der Waals surface area contributed by atoms with Gasteiger partial charge in [-0.1, -0.05) is 121 Å². The lowest BCUT2D eigenvalue weighted by molar-refractivity contribution is -0.143. The summed E-state index contributed by atoms with van der Waals surface area (Å²) >= 11 is 12.3. The molecule has 0 spiro atoms. The minimum atomic E-state index is -1.18. The molecule has 2 N–H and O–H groups in total. The van der Waals surface area contributed by atoms with Crippen molar-refractivity contribution in [2.24, 2.45) is 5.92 Å². The third kappa shape index (κ3) is 9.52. The number of benzene rings is 6. The van der Waals surface area contributed by atoms with E-state index in [1.54, 1.807) is 36.2 Å². The quantitative estimate of drug-likeness (QED) is 0.117. The van der Waals surface area contributed by atoms with Crippen LogP contribution in [0, 0.1) is 17.2 Å². The molecule has 3 aliphatic rings. The molecule has 6 aromatic rings. The summed E-state index contributed by atoms with van der Waals surface area (Å²) in [6.45, 7) is 0.709. The van der Waals surface area contributed by atoms with Crippen LogP contribution in [-0.4, -0.2) is 46.9 Å². The van der Waals surface area contributed by atoms with Gasteiger partial charge in [0, 0.05) is 31.6 Å². The molecule has 6 aromatic carbocycles. The normalized spacial score (nSPS) is 18.0. The molecular weight excluding hydrogens is 872 g/mol. The second kappa shape index (κ2) is 19.4. The van der Waals surface area contributed by atoms with Crippen molar-refractivity contribution in [3.8, 4) is 28.7 Å². The Hall–Kier alpha value is -6.64. The number of fused-ring (bicyclic) bond motifs is 2. The number of amides is 2. The molecule has 10 nitrogen and oxygen atoms in total. The van der Waals surface area contributed by atoms with E-state index in [1.807, 2.05) is 97.1 Å². The highest BCUT2D eigenvalue weighted by Gasteiger charge is 2.43. The van der Waals surface area contributed by atoms with Crippen molar-refractivity contribution in [2.45, 2.75) is 75.9 Å². The largest absolute Gasteiger partial charge is 0.489 e. The molecule has 1 fully saturated rings. The molecule has 4 atom stereocenters. The van der Waals surface area contributed by atoms with Gasteiger partial charge >= 0.3 is 5.97 Å². The van der Waals surface area contributed by atoms with E-state index in [0.717, 1.165) is 64.6 Å². The molecule has 0 radical (unpaired) electrons. The minimum Gasteiger partial charge on any atom is -0.489 e. The zero-order valence-corrected chi connectivity index (χ0v) is 37.8. The second-order valence-corrected chi connectivity index (χ2v) is 18.2. The van der Waals surface area contributed by atoms with Crippen LogP contribution in [0.3, 0.4) is 0 Å². The fourth-order valence-electron chi connectivity index (χ4n) is 9.66. The average Bonchev–Trinajstić information content (AvgIpc) is 3.87. The summed E-state index contributed by atoms with van der Waals surface area (Å²) in [5, 5.41) is 23.6. The van der Waals surface area contributed by atoms with Gasteiger partial charge in [-0.3, -0.25) is 14.5 Å². The van der Waals surface area contributed by atoms with Gasteiger partial charge in [0.05, 0.1) is 33.4 Å². The topological polar surface area (TPSA) is 132 Å². The molecule has 2 amide bonds. The van der Waals surface area contributed by atoms with Gasteiger partial charge in [-0.15, -0.1) is 0 Å². The first-order valence-corrected chi connectivity index (χ1v) is 23.0. The Labute approximate surface area is 394 Å². The van der Waals surface area contributed by atoms with Crippen LogP contribution in [-0.2, 0) is 40.4 Å². The van der Waals surface area contributed by atoms with Gasteiger partial charge in [0.2, 0.25) is 12.0 Å². The third-order valence-corrected chi connectivity index (χ3v) is 13.9. The Morgan fingerprint density at radius 1 is 0.848 bits per heavy atom. The minimum absolute atomic E-state index is 0.0934. The van der Waals surface area contributed by atoms with Crippen LogP contribution in [0.1, 0.15) is 76.8 Å². The number of carbonyl (C=O) groups excluding carboxylic acids is 2. The van der Waals surface area contributed by atoms with Crippen LogP contribution in [0.4, 0.5) is 5.69 Å². The predicted octanol–water partition coefficient (Wildman–Crippen LogP) is 10.7. The van der Waals surface area contributed by atoms with E-state index < -0.39 is 24.2 Å². The van der Waals surface area contributed by atoms with Crippen molar-refractivity contribution < 1.29 is 29.0 Å². The number of rotatable bonds is 13. The average molecular weight is 920 g/mol. The third-order valence-electron chi connectivity index (χ3n) is 13.2. The monoisotopic (exact) mass is 918 g/mol. The fourth-order valence-corrected chi connectivity index (χ4v) is 9.99. The SMILES string of the molecule is CN1C(=O)C(c2ccc(OCc3ccc(Cl)c(Cl)c3)cc2)Oc2cc3c(cc21)CC(C(=O)NC(Cc1ccc(-c2ccc(C#N)cc2)cc1)C(=O)O)N(C(c1ccccc1)C1CCCC1)C3. The molecule has 0 aromatic heterocycles. The highest BCUT2D eigenvalue weighted by molar-refractivity contribution is 6.42. The van der Waals surface area contributed by atoms with Crippen LogP contribution in [0.5, 0.6) is 11.5 Å². The van der Waals surface area contributed by atoms with E-state index in [2.05, 4.69) is 28.4 Å². The number of carboxylic acids is 1. The van der Waals surface area contributed by atoms with Gasteiger partial charge in [-0.2, -0.15) is 5.26 Å². The van der Waals surface area contributed by atoms with Gasteiger partial charge in [-0.25, -0.2) is 4.79 Å². The highest BCUT2D eigenvalue weighted by Crippen LogP contribution is 2.46. The number of hydrogen-bond acceptors (Lipinski definition) is 7. The van der Waals surface area contributed by atoms with E-state index in [-0.39, 0.29) is 24.3 Å². The molecule has 0 bridgehead atoms. The molecule has 66 heavy (non-hydrogen) atoms. The van der Waals surface area contributed by atoms with E-state index in [4.69, 9.17) is 32.7 Å². The van der Waals surface area contributed by atoms with E-state index in [9.17, 15) is 24.8 Å². The molecule has 9 rings (SSSR count). The molecule has 2 aliphatic heterocycles. The number of nitriles is 1. The summed E-state index contributed by atoms with van der Waals surface area (Å²) in [6, 6.07) is 41.9. The maximum atomic E-state index is 14.8. The molecule has 334 valence electrons. The van der Waals surface area contributed by atoms with Crippen LogP contribution in [0.25, 0.3) is 11.1 Å². The van der Waals surface area contributed by atoms with Gasteiger partial charge in [0.1, 0.15) is 24.1 Å². The molecule has 0 saturated heterocycles. The smallest absolute Gasteiger partial charge is 0.326 e. The Morgan fingerprint density at radius 3 is 2.20 bits per heavy atom. The van der Waals surface area contributed by atoms with E-state index >= 15 is 0 Å².